The summed E-state index contributed by atoms with van der Waals surface area (Å²) < 4.78 is 2.71. The van der Waals surface area contributed by atoms with Crippen molar-refractivity contribution in [1.82, 2.24) is 9.78 Å². The number of nitrogens with zero attached hydrogens (tertiary/aromatic N) is 3. The standard InChI is InChI=1S/C18H13BrN4O/c19-16-6-2-4-14(10-16)12-23-17(7-8-21-23)22-18(24)15-5-1-3-13(9-15)11-20/h1-10H,12H2,(H,22,24). The Morgan fingerprint density at radius 3 is 2.83 bits per heavy atom. The summed E-state index contributed by atoms with van der Waals surface area (Å²) in [5.74, 6) is 0.324. The van der Waals surface area contributed by atoms with Gasteiger partial charge in [0.25, 0.3) is 5.91 Å². The lowest BCUT2D eigenvalue weighted by molar-refractivity contribution is 0.102. The zero-order valence-corrected chi connectivity index (χ0v) is 14.2. The van der Waals surface area contributed by atoms with Crippen LogP contribution in [0, 0.1) is 11.3 Å². The van der Waals surface area contributed by atoms with E-state index >= 15 is 0 Å². The van der Waals surface area contributed by atoms with E-state index in [2.05, 4.69) is 26.3 Å². The molecule has 0 aliphatic rings. The van der Waals surface area contributed by atoms with Gasteiger partial charge in [-0.25, -0.2) is 4.68 Å². The molecule has 1 N–H and O–H groups in total. The molecule has 1 aromatic heterocycles. The molecule has 0 aliphatic heterocycles. The maximum Gasteiger partial charge on any atom is 0.256 e. The zero-order chi connectivity index (χ0) is 16.9. The van der Waals surface area contributed by atoms with Gasteiger partial charge in [0, 0.05) is 16.1 Å². The van der Waals surface area contributed by atoms with Crippen molar-refractivity contribution >= 4 is 27.7 Å². The van der Waals surface area contributed by atoms with Crippen molar-refractivity contribution in [3.05, 3.63) is 82.0 Å². The highest BCUT2D eigenvalue weighted by atomic mass is 79.9. The van der Waals surface area contributed by atoms with Gasteiger partial charge in [0.05, 0.1) is 24.4 Å². The van der Waals surface area contributed by atoms with E-state index in [9.17, 15) is 4.79 Å². The number of rotatable bonds is 4. The van der Waals surface area contributed by atoms with Gasteiger partial charge in [-0.05, 0) is 35.9 Å². The number of nitriles is 1. The first-order valence-corrected chi connectivity index (χ1v) is 8.03. The van der Waals surface area contributed by atoms with Crippen LogP contribution in [0.3, 0.4) is 0 Å². The predicted octanol–water partition coefficient (Wildman–Crippen LogP) is 3.82. The van der Waals surface area contributed by atoms with E-state index in [-0.39, 0.29) is 5.91 Å². The van der Waals surface area contributed by atoms with Crippen molar-refractivity contribution < 1.29 is 4.79 Å². The number of amides is 1. The molecule has 5 nitrogen and oxygen atoms in total. The summed E-state index contributed by atoms with van der Waals surface area (Å²) in [7, 11) is 0. The number of carbonyl (C=O) groups is 1. The van der Waals surface area contributed by atoms with E-state index in [1.807, 2.05) is 30.3 Å². The monoisotopic (exact) mass is 380 g/mol. The first-order valence-electron chi connectivity index (χ1n) is 7.23. The highest BCUT2D eigenvalue weighted by molar-refractivity contribution is 9.10. The van der Waals surface area contributed by atoms with E-state index < -0.39 is 0 Å². The van der Waals surface area contributed by atoms with Gasteiger partial charge in [0.15, 0.2) is 0 Å². The number of anilines is 1. The SMILES string of the molecule is N#Cc1cccc(C(=O)Nc2ccnn2Cc2cccc(Br)c2)c1. The number of aromatic nitrogens is 2. The molecule has 2 aromatic carbocycles. The lowest BCUT2D eigenvalue weighted by Crippen LogP contribution is -2.16. The van der Waals surface area contributed by atoms with Crippen LogP contribution >= 0.6 is 15.9 Å². The minimum atomic E-state index is -0.275. The summed E-state index contributed by atoms with van der Waals surface area (Å²) in [6.07, 6.45) is 1.64. The van der Waals surface area contributed by atoms with Crippen LogP contribution in [0.15, 0.2) is 65.3 Å². The Kier molecular flexibility index (Phi) is 4.73. The quantitative estimate of drug-likeness (QED) is 0.747. The Balaban J connectivity index is 1.78. The van der Waals surface area contributed by atoms with Crippen molar-refractivity contribution in [2.75, 3.05) is 5.32 Å². The molecule has 0 aliphatic carbocycles. The Labute approximate surface area is 147 Å². The summed E-state index contributed by atoms with van der Waals surface area (Å²) in [4.78, 5) is 12.4. The summed E-state index contributed by atoms with van der Waals surface area (Å²) in [5.41, 5.74) is 1.95. The minimum absolute atomic E-state index is 0.275. The van der Waals surface area contributed by atoms with Crippen LogP contribution in [-0.4, -0.2) is 15.7 Å². The molecule has 6 heteroatoms. The Hall–Kier alpha value is -2.91. The number of hydrogen-bond donors (Lipinski definition) is 1. The van der Waals surface area contributed by atoms with Crippen LogP contribution in [-0.2, 0) is 6.54 Å². The lowest BCUT2D eigenvalue weighted by Gasteiger charge is -2.09. The molecule has 24 heavy (non-hydrogen) atoms. The fourth-order valence-electron chi connectivity index (χ4n) is 2.29. The van der Waals surface area contributed by atoms with Gasteiger partial charge in [-0.1, -0.05) is 34.1 Å². The maximum absolute atomic E-state index is 12.4. The van der Waals surface area contributed by atoms with Crippen LogP contribution in [0.2, 0.25) is 0 Å². The van der Waals surface area contributed by atoms with Crippen molar-refractivity contribution in [2.45, 2.75) is 6.54 Å². The van der Waals surface area contributed by atoms with Crippen molar-refractivity contribution in [1.29, 1.82) is 5.26 Å². The van der Waals surface area contributed by atoms with Crippen LogP contribution in [0.4, 0.5) is 5.82 Å². The molecular formula is C18H13BrN4O. The second-order valence-corrected chi connectivity index (χ2v) is 6.07. The predicted molar refractivity (Wildman–Crippen MR) is 94.6 cm³/mol. The van der Waals surface area contributed by atoms with Gasteiger partial charge in [-0.2, -0.15) is 10.4 Å². The first-order chi connectivity index (χ1) is 11.7. The highest BCUT2D eigenvalue weighted by Gasteiger charge is 2.10. The molecule has 0 bridgehead atoms. The van der Waals surface area contributed by atoms with Crippen LogP contribution < -0.4 is 5.32 Å². The van der Waals surface area contributed by atoms with Crippen molar-refractivity contribution in [2.24, 2.45) is 0 Å². The lowest BCUT2D eigenvalue weighted by atomic mass is 10.1. The molecule has 0 radical (unpaired) electrons. The van der Waals surface area contributed by atoms with Gasteiger partial charge < -0.3 is 5.32 Å². The Morgan fingerprint density at radius 2 is 2.04 bits per heavy atom. The number of nitrogens with one attached hydrogen (secondary N) is 1. The average molecular weight is 381 g/mol. The van der Waals surface area contributed by atoms with E-state index in [1.165, 1.54) is 0 Å². The topological polar surface area (TPSA) is 70.7 Å². The van der Waals surface area contributed by atoms with Crippen LogP contribution in [0.25, 0.3) is 0 Å². The summed E-state index contributed by atoms with van der Waals surface area (Å²) >= 11 is 3.44. The van der Waals surface area contributed by atoms with Crippen molar-refractivity contribution in [3.8, 4) is 6.07 Å². The fraction of sp³-hybridized carbons (Fsp3) is 0.0556. The summed E-state index contributed by atoms with van der Waals surface area (Å²) in [5, 5.41) is 16.0. The number of benzene rings is 2. The second kappa shape index (κ2) is 7.11. The minimum Gasteiger partial charge on any atom is -0.307 e. The van der Waals surface area contributed by atoms with Gasteiger partial charge in [0.1, 0.15) is 5.82 Å². The number of carbonyl (C=O) groups excluding carboxylic acids is 1. The molecule has 0 saturated carbocycles. The van der Waals surface area contributed by atoms with Gasteiger partial charge in [-0.3, -0.25) is 4.79 Å². The number of halogens is 1. The molecule has 1 heterocycles. The van der Waals surface area contributed by atoms with Gasteiger partial charge in [-0.15, -0.1) is 0 Å². The highest BCUT2D eigenvalue weighted by Crippen LogP contribution is 2.16. The molecule has 0 fully saturated rings. The van der Waals surface area contributed by atoms with E-state index in [0.29, 0.717) is 23.5 Å². The van der Waals surface area contributed by atoms with Crippen molar-refractivity contribution in [3.63, 3.8) is 0 Å². The molecule has 3 aromatic rings. The Morgan fingerprint density at radius 1 is 1.21 bits per heavy atom. The smallest absolute Gasteiger partial charge is 0.256 e. The van der Waals surface area contributed by atoms with Crippen LogP contribution in [0.1, 0.15) is 21.5 Å². The summed E-state index contributed by atoms with van der Waals surface area (Å²) in [6.45, 7) is 0.542. The third-order valence-electron chi connectivity index (χ3n) is 3.43. The molecule has 0 atom stereocenters. The molecule has 0 saturated heterocycles. The normalized spacial score (nSPS) is 10.2. The zero-order valence-electron chi connectivity index (χ0n) is 12.6. The Bertz CT molecular complexity index is 927. The third kappa shape index (κ3) is 3.70. The van der Waals surface area contributed by atoms with Gasteiger partial charge in [0.2, 0.25) is 0 Å². The number of hydrogen-bond acceptors (Lipinski definition) is 3. The van der Waals surface area contributed by atoms with E-state index in [0.717, 1.165) is 10.0 Å². The van der Waals surface area contributed by atoms with E-state index in [1.54, 1.807) is 41.2 Å². The molecule has 0 unspecified atom stereocenters. The fourth-order valence-corrected chi connectivity index (χ4v) is 2.74. The maximum atomic E-state index is 12.4. The second-order valence-electron chi connectivity index (χ2n) is 5.15. The average Bonchev–Trinajstić information content (AvgIpc) is 3.01. The largest absolute Gasteiger partial charge is 0.307 e. The molecule has 0 spiro atoms. The first kappa shape index (κ1) is 16.0. The summed E-state index contributed by atoms with van der Waals surface area (Å²) in [6, 6.07) is 18.3. The molecule has 3 rings (SSSR count). The van der Waals surface area contributed by atoms with E-state index in [4.69, 9.17) is 5.26 Å². The van der Waals surface area contributed by atoms with Gasteiger partial charge >= 0.3 is 0 Å². The third-order valence-corrected chi connectivity index (χ3v) is 3.93. The van der Waals surface area contributed by atoms with Crippen LogP contribution in [0.5, 0.6) is 0 Å². The molecule has 1 amide bonds. The molecular weight excluding hydrogens is 368 g/mol. The molecule has 118 valence electrons.